The SMILES string of the molecule is CN1CCN=C1c1cc(OC2CC(C(=O)O)C2)ccc1Oc1c(F)cnc(Oc2cc(C(=N)N)ccc2O)c1F. The molecule has 0 atom stereocenters. The normalized spacial score (nSPS) is 18.1. The third-order valence-electron chi connectivity index (χ3n) is 6.59. The van der Waals surface area contributed by atoms with Gasteiger partial charge in [0.25, 0.3) is 5.88 Å². The molecule has 1 saturated carbocycles. The summed E-state index contributed by atoms with van der Waals surface area (Å²) in [6.45, 7) is 1.14. The summed E-state index contributed by atoms with van der Waals surface area (Å²) < 4.78 is 47.3. The van der Waals surface area contributed by atoms with Crippen LogP contribution in [0.2, 0.25) is 0 Å². The van der Waals surface area contributed by atoms with Crippen molar-refractivity contribution in [1.29, 1.82) is 5.41 Å². The first kappa shape index (κ1) is 26.7. The second-order valence-electron chi connectivity index (χ2n) is 9.39. The Morgan fingerprint density at radius 1 is 1.15 bits per heavy atom. The molecule has 1 fully saturated rings. The van der Waals surface area contributed by atoms with Gasteiger partial charge in [0, 0.05) is 19.2 Å². The minimum atomic E-state index is -1.27. The molecular formula is C27H25F2N5O6. The van der Waals surface area contributed by atoms with Crippen LogP contribution in [0.25, 0.3) is 0 Å². The number of ether oxygens (including phenoxy) is 3. The molecular weight excluding hydrogens is 528 g/mol. The minimum Gasteiger partial charge on any atom is -0.504 e. The fourth-order valence-electron chi connectivity index (χ4n) is 4.30. The van der Waals surface area contributed by atoms with E-state index in [0.29, 0.717) is 49.3 Å². The summed E-state index contributed by atoms with van der Waals surface area (Å²) >= 11 is 0. The number of benzene rings is 2. The zero-order chi connectivity index (χ0) is 28.6. The van der Waals surface area contributed by atoms with Gasteiger partial charge in [-0.05, 0) is 49.2 Å². The number of aliphatic imine (C=N–C) groups is 1. The predicted molar refractivity (Wildman–Crippen MR) is 139 cm³/mol. The highest BCUT2D eigenvalue weighted by atomic mass is 19.1. The van der Waals surface area contributed by atoms with E-state index in [0.717, 1.165) is 0 Å². The number of nitrogens with two attached hydrogens (primary N) is 1. The number of halogens is 2. The molecule has 5 N–H and O–H groups in total. The molecule has 0 radical (unpaired) electrons. The number of phenols is 1. The van der Waals surface area contributed by atoms with Gasteiger partial charge in [-0.3, -0.25) is 15.2 Å². The van der Waals surface area contributed by atoms with Gasteiger partial charge in [-0.15, -0.1) is 0 Å². The van der Waals surface area contributed by atoms with E-state index in [1.807, 2.05) is 11.9 Å². The molecule has 1 aliphatic heterocycles. The molecule has 0 spiro atoms. The third-order valence-corrected chi connectivity index (χ3v) is 6.59. The Morgan fingerprint density at radius 2 is 1.93 bits per heavy atom. The van der Waals surface area contributed by atoms with Crippen LogP contribution in [0.1, 0.15) is 24.0 Å². The maximum absolute atomic E-state index is 15.5. The molecule has 208 valence electrons. The number of hydrogen-bond acceptors (Lipinski definition) is 9. The summed E-state index contributed by atoms with van der Waals surface area (Å²) in [6, 6.07) is 8.47. The van der Waals surface area contributed by atoms with Crippen molar-refractivity contribution in [3.8, 4) is 34.6 Å². The molecule has 11 nitrogen and oxygen atoms in total. The van der Waals surface area contributed by atoms with Crippen LogP contribution < -0.4 is 19.9 Å². The number of nitrogen functional groups attached to an aromatic ring is 1. The lowest BCUT2D eigenvalue weighted by molar-refractivity contribution is -0.147. The number of amidine groups is 2. The second-order valence-corrected chi connectivity index (χ2v) is 9.39. The van der Waals surface area contributed by atoms with E-state index in [1.54, 1.807) is 12.1 Å². The van der Waals surface area contributed by atoms with Crippen LogP contribution in [0.5, 0.6) is 34.6 Å². The number of likely N-dealkylation sites (N-methyl/N-ethyl adjacent to an activating group) is 1. The molecule has 40 heavy (non-hydrogen) atoms. The van der Waals surface area contributed by atoms with E-state index in [1.165, 1.54) is 24.3 Å². The molecule has 1 aromatic heterocycles. The molecule has 2 heterocycles. The predicted octanol–water partition coefficient (Wildman–Crippen LogP) is 3.87. The molecule has 1 aliphatic carbocycles. The molecule has 0 amide bonds. The summed E-state index contributed by atoms with van der Waals surface area (Å²) in [4.78, 5) is 21.1. The van der Waals surface area contributed by atoms with Gasteiger partial charge >= 0.3 is 5.97 Å². The molecule has 0 saturated heterocycles. The smallest absolute Gasteiger partial charge is 0.306 e. The lowest BCUT2D eigenvalue weighted by Crippen LogP contribution is -2.38. The monoisotopic (exact) mass is 553 g/mol. The van der Waals surface area contributed by atoms with Gasteiger partial charge in [0.05, 0.1) is 24.2 Å². The van der Waals surface area contributed by atoms with E-state index < -0.39 is 35.2 Å². The number of nitrogens with zero attached hydrogens (tertiary/aromatic N) is 3. The largest absolute Gasteiger partial charge is 0.504 e. The lowest BCUT2D eigenvalue weighted by Gasteiger charge is -2.32. The summed E-state index contributed by atoms with van der Waals surface area (Å²) in [5, 5.41) is 26.8. The highest BCUT2D eigenvalue weighted by Gasteiger charge is 2.36. The van der Waals surface area contributed by atoms with Crippen molar-refractivity contribution in [2.24, 2.45) is 16.6 Å². The number of hydrogen-bond donors (Lipinski definition) is 4. The van der Waals surface area contributed by atoms with Crippen LogP contribution >= 0.6 is 0 Å². The molecule has 0 bridgehead atoms. The van der Waals surface area contributed by atoms with Gasteiger partial charge < -0.3 is 35.1 Å². The number of aromatic hydroxyl groups is 1. The molecule has 2 aromatic carbocycles. The fourth-order valence-corrected chi connectivity index (χ4v) is 4.30. The van der Waals surface area contributed by atoms with Crippen molar-refractivity contribution in [3.63, 3.8) is 0 Å². The standard InChI is InChI=1S/C27H25F2N5O6/c1-34-7-6-32-25(34)17-11-15(38-16-8-14(9-16)27(36)37)3-5-20(17)39-23-18(28)12-33-26(22(23)29)40-21-10-13(24(30)31)2-4-19(21)35/h2-5,10-12,14,16,35H,6-9H2,1H3,(H3,30,31)(H,36,37). The summed E-state index contributed by atoms with van der Waals surface area (Å²) in [5.41, 5.74) is 6.09. The number of pyridine rings is 1. The maximum Gasteiger partial charge on any atom is 0.306 e. The van der Waals surface area contributed by atoms with E-state index >= 15 is 4.39 Å². The first-order chi connectivity index (χ1) is 19.1. The second kappa shape index (κ2) is 10.7. The van der Waals surface area contributed by atoms with Gasteiger partial charge in [0.2, 0.25) is 11.6 Å². The average molecular weight is 554 g/mol. The summed E-state index contributed by atoms with van der Waals surface area (Å²) in [7, 11) is 1.81. The van der Waals surface area contributed by atoms with E-state index in [2.05, 4.69) is 9.98 Å². The molecule has 0 unspecified atom stereocenters. The van der Waals surface area contributed by atoms with Gasteiger partial charge in [-0.25, -0.2) is 9.37 Å². The van der Waals surface area contributed by atoms with Crippen LogP contribution in [0.3, 0.4) is 0 Å². The number of aromatic nitrogens is 1. The van der Waals surface area contributed by atoms with Gasteiger partial charge in [-0.2, -0.15) is 4.39 Å². The van der Waals surface area contributed by atoms with Crippen molar-refractivity contribution in [1.82, 2.24) is 9.88 Å². The van der Waals surface area contributed by atoms with Crippen LogP contribution in [0.4, 0.5) is 8.78 Å². The maximum atomic E-state index is 15.5. The van der Waals surface area contributed by atoms with Crippen molar-refractivity contribution >= 4 is 17.6 Å². The van der Waals surface area contributed by atoms with Crippen LogP contribution in [-0.4, -0.2) is 64.0 Å². The summed E-state index contributed by atoms with van der Waals surface area (Å²) in [5.74, 6) is -5.06. The Morgan fingerprint density at radius 3 is 2.60 bits per heavy atom. The first-order valence-electron chi connectivity index (χ1n) is 12.3. The zero-order valence-electron chi connectivity index (χ0n) is 21.2. The van der Waals surface area contributed by atoms with Crippen LogP contribution in [0, 0.1) is 23.0 Å². The number of phenolic OH excluding ortho intramolecular Hbond substituents is 1. The van der Waals surface area contributed by atoms with E-state index in [9.17, 15) is 14.3 Å². The van der Waals surface area contributed by atoms with Crippen molar-refractivity contribution in [3.05, 3.63) is 65.4 Å². The molecule has 3 aromatic rings. The Bertz CT molecular complexity index is 1530. The topological polar surface area (TPSA) is 164 Å². The first-order valence-corrected chi connectivity index (χ1v) is 12.3. The number of carboxylic acids is 1. The number of aliphatic carboxylic acids is 1. The van der Waals surface area contributed by atoms with Gasteiger partial charge in [0.1, 0.15) is 29.3 Å². The number of carboxylic acid groups (broad SMARTS) is 1. The number of carbonyl (C=O) groups is 1. The Labute approximate surface area is 227 Å². The number of rotatable bonds is 9. The Hall–Kier alpha value is -4.94. The minimum absolute atomic E-state index is 0.0771. The molecule has 2 aliphatic rings. The average Bonchev–Trinajstić information content (AvgIpc) is 3.32. The van der Waals surface area contributed by atoms with Crippen LogP contribution in [0.15, 0.2) is 47.6 Å². The Kier molecular flexibility index (Phi) is 7.11. The number of nitrogens with one attached hydrogen (secondary N) is 1. The van der Waals surface area contributed by atoms with Crippen molar-refractivity contribution in [2.75, 3.05) is 20.1 Å². The van der Waals surface area contributed by atoms with Gasteiger partial charge in [0.15, 0.2) is 17.3 Å². The van der Waals surface area contributed by atoms with Crippen molar-refractivity contribution in [2.45, 2.75) is 18.9 Å². The summed E-state index contributed by atoms with van der Waals surface area (Å²) in [6.07, 6.45) is 1.21. The Balaban J connectivity index is 1.45. The zero-order valence-corrected chi connectivity index (χ0v) is 21.2. The molecule has 13 heteroatoms. The third kappa shape index (κ3) is 5.30. The van der Waals surface area contributed by atoms with E-state index in [4.69, 9.17) is 30.5 Å². The highest BCUT2D eigenvalue weighted by Crippen LogP contribution is 2.39. The quantitative estimate of drug-likeness (QED) is 0.227. The van der Waals surface area contributed by atoms with Gasteiger partial charge in [-0.1, -0.05) is 0 Å². The fraction of sp³-hybridized carbons (Fsp3) is 0.259. The molecule has 5 rings (SSSR count). The lowest BCUT2D eigenvalue weighted by atomic mass is 9.82. The van der Waals surface area contributed by atoms with E-state index in [-0.39, 0.29) is 34.8 Å². The highest BCUT2D eigenvalue weighted by molar-refractivity contribution is 6.02. The van der Waals surface area contributed by atoms with Crippen LogP contribution in [-0.2, 0) is 4.79 Å². The van der Waals surface area contributed by atoms with Crippen molar-refractivity contribution < 1.29 is 38.0 Å².